The molecular formula is C29H26N4O2S. The molecule has 0 saturated carbocycles. The van der Waals surface area contributed by atoms with Crippen LogP contribution in [0.25, 0.3) is 22.3 Å². The van der Waals surface area contributed by atoms with Crippen LogP contribution in [-0.2, 0) is 17.8 Å². The van der Waals surface area contributed by atoms with Gasteiger partial charge in [0.1, 0.15) is 5.52 Å². The van der Waals surface area contributed by atoms with E-state index in [1.54, 1.807) is 4.57 Å². The Morgan fingerprint density at radius 1 is 0.889 bits per heavy atom. The van der Waals surface area contributed by atoms with E-state index in [1.165, 1.54) is 17.3 Å². The molecule has 2 aromatic heterocycles. The molecule has 7 heteroatoms. The van der Waals surface area contributed by atoms with Crippen molar-refractivity contribution in [1.82, 2.24) is 19.9 Å². The highest BCUT2D eigenvalue weighted by Crippen LogP contribution is 2.24. The van der Waals surface area contributed by atoms with Crippen LogP contribution in [0.2, 0.25) is 0 Å². The van der Waals surface area contributed by atoms with E-state index in [0.29, 0.717) is 29.3 Å². The Kier molecular flexibility index (Phi) is 7.28. The van der Waals surface area contributed by atoms with E-state index < -0.39 is 0 Å². The molecule has 5 aromatic rings. The van der Waals surface area contributed by atoms with Gasteiger partial charge in [0.2, 0.25) is 5.91 Å². The monoisotopic (exact) mass is 494 g/mol. The number of nitrogens with one attached hydrogen (secondary N) is 2. The van der Waals surface area contributed by atoms with Crippen molar-refractivity contribution < 1.29 is 4.79 Å². The summed E-state index contributed by atoms with van der Waals surface area (Å²) in [5, 5.41) is 3.49. The van der Waals surface area contributed by atoms with Gasteiger partial charge in [0.05, 0.1) is 17.8 Å². The number of amides is 1. The minimum absolute atomic E-state index is 0.0874. The van der Waals surface area contributed by atoms with Crippen molar-refractivity contribution in [1.29, 1.82) is 0 Å². The normalized spacial score (nSPS) is 11.0. The van der Waals surface area contributed by atoms with Gasteiger partial charge in [-0.05, 0) is 29.2 Å². The van der Waals surface area contributed by atoms with Gasteiger partial charge in [-0.25, -0.2) is 4.98 Å². The molecule has 0 bridgehead atoms. The molecule has 5 rings (SSSR count). The Hall–Kier alpha value is -4.10. The second-order valence-electron chi connectivity index (χ2n) is 8.45. The lowest BCUT2D eigenvalue weighted by molar-refractivity contribution is -0.118. The van der Waals surface area contributed by atoms with E-state index in [-0.39, 0.29) is 17.2 Å². The first-order valence-electron chi connectivity index (χ1n) is 11.8. The molecule has 0 saturated heterocycles. The minimum Gasteiger partial charge on any atom is -0.355 e. The smallest absolute Gasteiger partial charge is 0.278 e. The van der Waals surface area contributed by atoms with E-state index in [4.69, 9.17) is 4.98 Å². The molecule has 180 valence electrons. The third-order valence-electron chi connectivity index (χ3n) is 5.88. The number of thioether (sulfide) groups is 1. The molecule has 0 aliphatic carbocycles. The summed E-state index contributed by atoms with van der Waals surface area (Å²) in [7, 11) is 0. The first-order chi connectivity index (χ1) is 17.7. The molecule has 3 aromatic carbocycles. The molecule has 0 unspecified atom stereocenters. The Labute approximate surface area is 213 Å². The second kappa shape index (κ2) is 11.1. The van der Waals surface area contributed by atoms with Gasteiger partial charge < -0.3 is 10.3 Å². The highest BCUT2D eigenvalue weighted by Gasteiger charge is 2.16. The first-order valence-corrected chi connectivity index (χ1v) is 12.8. The maximum atomic E-state index is 13.5. The van der Waals surface area contributed by atoms with Gasteiger partial charge in [-0.2, -0.15) is 0 Å². The molecule has 0 fully saturated rings. The number of nitrogens with zero attached hydrogens (tertiary/aromatic N) is 2. The first kappa shape index (κ1) is 23.6. The van der Waals surface area contributed by atoms with Crippen molar-refractivity contribution in [3.8, 4) is 11.3 Å². The van der Waals surface area contributed by atoms with Crippen LogP contribution in [0.1, 0.15) is 11.1 Å². The molecule has 2 N–H and O–H groups in total. The maximum absolute atomic E-state index is 13.5. The minimum atomic E-state index is -0.155. The van der Waals surface area contributed by atoms with Gasteiger partial charge in [0.15, 0.2) is 5.16 Å². The van der Waals surface area contributed by atoms with Gasteiger partial charge in [-0.3, -0.25) is 14.2 Å². The molecule has 36 heavy (non-hydrogen) atoms. The molecular weight excluding hydrogens is 468 g/mol. The number of hydrogen-bond acceptors (Lipinski definition) is 4. The molecule has 2 heterocycles. The summed E-state index contributed by atoms with van der Waals surface area (Å²) in [6.07, 6.45) is 0.770. The fraction of sp³-hybridized carbons (Fsp3) is 0.138. The third kappa shape index (κ3) is 5.58. The molecule has 0 atom stereocenters. The lowest BCUT2D eigenvalue weighted by Gasteiger charge is -2.12. The van der Waals surface area contributed by atoms with E-state index in [0.717, 1.165) is 23.2 Å². The van der Waals surface area contributed by atoms with Crippen molar-refractivity contribution in [2.75, 3.05) is 12.3 Å². The molecule has 0 radical (unpaired) electrons. The topological polar surface area (TPSA) is 79.8 Å². The van der Waals surface area contributed by atoms with Crippen molar-refractivity contribution in [2.45, 2.75) is 18.1 Å². The standard InChI is InChI=1S/C29H26N4O2S/c34-26(30-17-16-21-10-4-1-5-11-21)20-36-29-32-25-18-24(23-14-8-3-9-15-23)31-27(25)28(35)33(29)19-22-12-6-2-7-13-22/h1-15,18,31H,16-17,19-20H2,(H,30,34). The largest absolute Gasteiger partial charge is 0.355 e. The number of benzene rings is 3. The number of fused-ring (bicyclic) bond motifs is 1. The Morgan fingerprint density at radius 2 is 1.53 bits per heavy atom. The zero-order chi connectivity index (χ0) is 24.7. The number of carbonyl (C=O) groups excluding carboxylic acids is 1. The predicted octanol–water partition coefficient (Wildman–Crippen LogP) is 4.89. The predicted molar refractivity (Wildman–Crippen MR) is 145 cm³/mol. The highest BCUT2D eigenvalue weighted by molar-refractivity contribution is 7.99. The Morgan fingerprint density at radius 3 is 2.22 bits per heavy atom. The SMILES string of the molecule is O=C(CSc1nc2cc(-c3ccccc3)[nH]c2c(=O)n1Cc1ccccc1)NCCc1ccccc1. The van der Waals surface area contributed by atoms with Crippen LogP contribution < -0.4 is 10.9 Å². The third-order valence-corrected chi connectivity index (χ3v) is 6.86. The molecule has 0 spiro atoms. The van der Waals surface area contributed by atoms with Crippen molar-refractivity contribution >= 4 is 28.7 Å². The molecule has 0 aliphatic heterocycles. The van der Waals surface area contributed by atoms with E-state index in [9.17, 15) is 9.59 Å². The van der Waals surface area contributed by atoms with Crippen LogP contribution in [0.15, 0.2) is 107 Å². The second-order valence-corrected chi connectivity index (χ2v) is 9.40. The summed E-state index contributed by atoms with van der Waals surface area (Å²) < 4.78 is 1.64. The van der Waals surface area contributed by atoms with E-state index in [2.05, 4.69) is 10.3 Å². The van der Waals surface area contributed by atoms with E-state index >= 15 is 0 Å². The highest BCUT2D eigenvalue weighted by atomic mass is 32.2. The molecule has 0 aliphatic rings. The molecule has 1 amide bonds. The van der Waals surface area contributed by atoms with Crippen molar-refractivity contribution in [3.05, 3.63) is 119 Å². The van der Waals surface area contributed by atoms with Gasteiger partial charge in [0.25, 0.3) is 5.56 Å². The lowest BCUT2D eigenvalue weighted by Crippen LogP contribution is -2.28. The summed E-state index contributed by atoms with van der Waals surface area (Å²) in [6.45, 7) is 0.936. The van der Waals surface area contributed by atoms with Crippen LogP contribution in [0.5, 0.6) is 0 Å². The number of H-pyrrole nitrogens is 1. The van der Waals surface area contributed by atoms with Gasteiger partial charge in [-0.15, -0.1) is 0 Å². The zero-order valence-corrected chi connectivity index (χ0v) is 20.5. The summed E-state index contributed by atoms with van der Waals surface area (Å²) in [5.41, 5.74) is 4.88. The fourth-order valence-electron chi connectivity index (χ4n) is 4.04. The summed E-state index contributed by atoms with van der Waals surface area (Å²) in [6, 6.07) is 31.6. The van der Waals surface area contributed by atoms with Crippen LogP contribution in [0, 0.1) is 0 Å². The van der Waals surface area contributed by atoms with Gasteiger partial charge in [-0.1, -0.05) is 103 Å². The van der Waals surface area contributed by atoms with Crippen molar-refractivity contribution in [2.24, 2.45) is 0 Å². The average molecular weight is 495 g/mol. The van der Waals surface area contributed by atoms with Crippen LogP contribution in [0.4, 0.5) is 0 Å². The van der Waals surface area contributed by atoms with Gasteiger partial charge in [0, 0.05) is 12.2 Å². The lowest BCUT2D eigenvalue weighted by atomic mass is 10.1. The number of aromatic amines is 1. The maximum Gasteiger partial charge on any atom is 0.278 e. The fourth-order valence-corrected chi connectivity index (χ4v) is 4.87. The zero-order valence-electron chi connectivity index (χ0n) is 19.7. The van der Waals surface area contributed by atoms with Gasteiger partial charge >= 0.3 is 0 Å². The van der Waals surface area contributed by atoms with Crippen LogP contribution in [-0.4, -0.2) is 32.7 Å². The quantitative estimate of drug-likeness (QED) is 0.226. The van der Waals surface area contributed by atoms with Crippen LogP contribution in [0.3, 0.4) is 0 Å². The average Bonchev–Trinajstić information content (AvgIpc) is 3.36. The van der Waals surface area contributed by atoms with E-state index in [1.807, 2.05) is 97.1 Å². The number of aromatic nitrogens is 3. The Bertz CT molecular complexity index is 1510. The van der Waals surface area contributed by atoms with Crippen LogP contribution >= 0.6 is 11.8 Å². The summed E-state index contributed by atoms with van der Waals surface area (Å²) in [5.74, 6) is 0.0906. The van der Waals surface area contributed by atoms with Crippen molar-refractivity contribution in [3.63, 3.8) is 0 Å². The summed E-state index contributed by atoms with van der Waals surface area (Å²) in [4.78, 5) is 34.2. The summed E-state index contributed by atoms with van der Waals surface area (Å²) >= 11 is 1.28. The number of carbonyl (C=O) groups is 1. The Balaban J connectivity index is 1.38. The molecule has 6 nitrogen and oxygen atoms in total. The number of rotatable bonds is 9. The number of hydrogen-bond donors (Lipinski definition) is 2.